The minimum Gasteiger partial charge on any atom is -0.348 e. The summed E-state index contributed by atoms with van der Waals surface area (Å²) in [6, 6.07) is 20.0. The maximum atomic E-state index is 13.5. The molecule has 0 radical (unpaired) electrons. The van der Waals surface area contributed by atoms with Crippen LogP contribution in [0.3, 0.4) is 0 Å². The van der Waals surface area contributed by atoms with Crippen molar-refractivity contribution in [3.05, 3.63) is 107 Å². The van der Waals surface area contributed by atoms with E-state index in [-0.39, 0.29) is 11.7 Å². The third-order valence-corrected chi connectivity index (χ3v) is 5.13. The Morgan fingerprint density at radius 2 is 1.63 bits per heavy atom. The minimum atomic E-state index is -0.292. The highest BCUT2D eigenvalue weighted by Gasteiger charge is 2.19. The number of nitrogens with one attached hydrogen (secondary N) is 1. The van der Waals surface area contributed by atoms with Crippen molar-refractivity contribution in [3.8, 4) is 16.9 Å². The van der Waals surface area contributed by atoms with Gasteiger partial charge in [-0.15, -0.1) is 0 Å². The van der Waals surface area contributed by atoms with Gasteiger partial charge in [-0.3, -0.25) is 9.78 Å². The van der Waals surface area contributed by atoms with Crippen LogP contribution < -0.4 is 5.32 Å². The first-order valence-electron chi connectivity index (χ1n) is 9.75. The molecule has 1 N–H and O–H groups in total. The predicted octanol–water partition coefficient (Wildman–Crippen LogP) is 5.23. The van der Waals surface area contributed by atoms with E-state index in [4.69, 9.17) is 0 Å². The van der Waals surface area contributed by atoms with Crippen LogP contribution in [0.2, 0.25) is 0 Å². The van der Waals surface area contributed by atoms with Gasteiger partial charge in [0.1, 0.15) is 5.82 Å². The van der Waals surface area contributed by atoms with Crippen LogP contribution in [0, 0.1) is 19.7 Å². The zero-order chi connectivity index (χ0) is 21.1. The van der Waals surface area contributed by atoms with Gasteiger partial charge in [-0.2, -0.15) is 0 Å². The van der Waals surface area contributed by atoms with Crippen molar-refractivity contribution < 1.29 is 9.18 Å². The fourth-order valence-corrected chi connectivity index (χ4v) is 3.47. The molecule has 0 unspecified atom stereocenters. The average molecular weight is 399 g/mol. The van der Waals surface area contributed by atoms with E-state index >= 15 is 0 Å². The molecule has 0 saturated carbocycles. The lowest BCUT2D eigenvalue weighted by Gasteiger charge is -2.13. The van der Waals surface area contributed by atoms with E-state index in [2.05, 4.69) is 10.3 Å². The second-order valence-electron chi connectivity index (χ2n) is 7.24. The Labute approximate surface area is 175 Å². The Morgan fingerprint density at radius 3 is 2.30 bits per heavy atom. The van der Waals surface area contributed by atoms with Crippen LogP contribution in [0.25, 0.3) is 16.9 Å². The molecule has 5 heteroatoms. The second-order valence-corrected chi connectivity index (χ2v) is 7.24. The van der Waals surface area contributed by atoms with E-state index in [1.807, 2.05) is 60.9 Å². The molecule has 2 aromatic carbocycles. The number of halogens is 1. The lowest BCUT2D eigenvalue weighted by Crippen LogP contribution is -2.23. The number of hydrogen-bond acceptors (Lipinski definition) is 2. The number of carbonyl (C=O) groups is 1. The summed E-state index contributed by atoms with van der Waals surface area (Å²) in [5, 5.41) is 2.98. The zero-order valence-corrected chi connectivity index (χ0v) is 16.9. The van der Waals surface area contributed by atoms with Gasteiger partial charge in [0.15, 0.2) is 0 Å². The maximum absolute atomic E-state index is 13.5. The molecule has 0 aliphatic rings. The molecular formula is C25H22FN3O. The summed E-state index contributed by atoms with van der Waals surface area (Å²) < 4.78 is 15.5. The van der Waals surface area contributed by atoms with Crippen LogP contribution in [0.5, 0.6) is 0 Å². The summed E-state index contributed by atoms with van der Waals surface area (Å²) in [4.78, 5) is 17.0. The van der Waals surface area contributed by atoms with Gasteiger partial charge in [0.05, 0.1) is 11.3 Å². The standard InChI is InChI=1S/C25H22FN3O/c1-17-3-9-22(10-4-17)29-18(2)23(15-24(29)20-5-7-21(26)8-6-20)25(30)28-16-19-11-13-27-14-12-19/h3-15H,16H2,1-2H3,(H,28,30). The highest BCUT2D eigenvalue weighted by Crippen LogP contribution is 2.30. The fraction of sp³-hybridized carbons (Fsp3) is 0.120. The van der Waals surface area contributed by atoms with E-state index in [9.17, 15) is 9.18 Å². The average Bonchev–Trinajstić information content (AvgIpc) is 3.11. The van der Waals surface area contributed by atoms with Crippen LogP contribution >= 0.6 is 0 Å². The van der Waals surface area contributed by atoms with Gasteiger partial charge in [-0.1, -0.05) is 17.7 Å². The van der Waals surface area contributed by atoms with Gasteiger partial charge in [0, 0.05) is 30.3 Å². The first-order chi connectivity index (χ1) is 14.5. The second kappa shape index (κ2) is 8.33. The van der Waals surface area contributed by atoms with Crippen molar-refractivity contribution >= 4 is 5.91 Å². The number of aryl methyl sites for hydroxylation is 1. The number of amides is 1. The van der Waals surface area contributed by atoms with Gasteiger partial charge in [0.25, 0.3) is 5.91 Å². The molecule has 4 nitrogen and oxygen atoms in total. The van der Waals surface area contributed by atoms with Crippen molar-refractivity contribution in [1.29, 1.82) is 0 Å². The van der Waals surface area contributed by atoms with Crippen molar-refractivity contribution in [2.75, 3.05) is 0 Å². The summed E-state index contributed by atoms with van der Waals surface area (Å²) in [6.45, 7) is 4.38. The molecule has 4 aromatic rings. The lowest BCUT2D eigenvalue weighted by molar-refractivity contribution is 0.0950. The number of pyridine rings is 1. The zero-order valence-electron chi connectivity index (χ0n) is 16.9. The molecule has 1 amide bonds. The highest BCUT2D eigenvalue weighted by molar-refractivity contribution is 5.97. The van der Waals surface area contributed by atoms with Gasteiger partial charge in [0.2, 0.25) is 0 Å². The quantitative estimate of drug-likeness (QED) is 0.500. The Morgan fingerprint density at radius 1 is 0.967 bits per heavy atom. The third kappa shape index (κ3) is 4.01. The van der Waals surface area contributed by atoms with Crippen molar-refractivity contribution in [3.63, 3.8) is 0 Å². The smallest absolute Gasteiger partial charge is 0.253 e. The SMILES string of the molecule is Cc1ccc(-n2c(-c3ccc(F)cc3)cc(C(=O)NCc3ccncc3)c2C)cc1. The summed E-state index contributed by atoms with van der Waals surface area (Å²) in [5.41, 5.74) is 6.17. The normalized spacial score (nSPS) is 10.8. The van der Waals surface area contributed by atoms with Gasteiger partial charge < -0.3 is 9.88 Å². The minimum absolute atomic E-state index is 0.154. The van der Waals surface area contributed by atoms with E-state index < -0.39 is 0 Å². The van der Waals surface area contributed by atoms with E-state index in [0.717, 1.165) is 33.8 Å². The molecule has 0 atom stereocenters. The molecule has 0 fully saturated rings. The monoisotopic (exact) mass is 399 g/mol. The first-order valence-corrected chi connectivity index (χ1v) is 9.75. The number of carbonyl (C=O) groups excluding carboxylic acids is 1. The number of hydrogen-bond donors (Lipinski definition) is 1. The summed E-state index contributed by atoms with van der Waals surface area (Å²) in [7, 11) is 0. The Balaban J connectivity index is 1.74. The Bertz CT molecular complexity index is 1160. The summed E-state index contributed by atoms with van der Waals surface area (Å²) in [6.07, 6.45) is 3.40. The number of aromatic nitrogens is 2. The molecule has 2 heterocycles. The summed E-state index contributed by atoms with van der Waals surface area (Å²) in [5.74, 6) is -0.447. The molecular weight excluding hydrogens is 377 g/mol. The molecule has 0 saturated heterocycles. The Hall–Kier alpha value is -3.73. The molecule has 0 aliphatic carbocycles. The molecule has 150 valence electrons. The van der Waals surface area contributed by atoms with Gasteiger partial charge in [-0.05, 0) is 79.6 Å². The van der Waals surface area contributed by atoms with Crippen LogP contribution in [-0.2, 0) is 6.54 Å². The number of benzene rings is 2. The van der Waals surface area contributed by atoms with Crippen molar-refractivity contribution in [2.45, 2.75) is 20.4 Å². The van der Waals surface area contributed by atoms with Crippen molar-refractivity contribution in [2.24, 2.45) is 0 Å². The fourth-order valence-electron chi connectivity index (χ4n) is 3.47. The molecule has 0 bridgehead atoms. The Kier molecular flexibility index (Phi) is 5.44. The molecule has 0 aliphatic heterocycles. The molecule has 2 aromatic heterocycles. The van der Waals surface area contributed by atoms with Gasteiger partial charge in [-0.25, -0.2) is 4.39 Å². The van der Waals surface area contributed by atoms with Crippen LogP contribution in [0.4, 0.5) is 4.39 Å². The van der Waals surface area contributed by atoms with E-state index in [1.165, 1.54) is 12.1 Å². The van der Waals surface area contributed by atoms with Crippen LogP contribution in [0.15, 0.2) is 79.1 Å². The maximum Gasteiger partial charge on any atom is 0.253 e. The molecule has 4 rings (SSSR count). The largest absolute Gasteiger partial charge is 0.348 e. The lowest BCUT2D eigenvalue weighted by atomic mass is 10.1. The van der Waals surface area contributed by atoms with E-state index in [1.54, 1.807) is 24.5 Å². The van der Waals surface area contributed by atoms with Crippen LogP contribution in [-0.4, -0.2) is 15.5 Å². The van der Waals surface area contributed by atoms with Gasteiger partial charge >= 0.3 is 0 Å². The van der Waals surface area contributed by atoms with Crippen molar-refractivity contribution in [1.82, 2.24) is 14.9 Å². The van der Waals surface area contributed by atoms with E-state index in [0.29, 0.717) is 12.1 Å². The molecule has 0 spiro atoms. The number of rotatable bonds is 5. The van der Waals surface area contributed by atoms with Crippen LogP contribution in [0.1, 0.15) is 27.2 Å². The molecule has 30 heavy (non-hydrogen) atoms. The predicted molar refractivity (Wildman–Crippen MR) is 116 cm³/mol. The number of nitrogens with zero attached hydrogens (tertiary/aromatic N) is 2. The first kappa shape index (κ1) is 19.6. The third-order valence-electron chi connectivity index (χ3n) is 5.13. The topological polar surface area (TPSA) is 46.9 Å². The highest BCUT2D eigenvalue weighted by atomic mass is 19.1. The summed E-state index contributed by atoms with van der Waals surface area (Å²) >= 11 is 0.